The predicted molar refractivity (Wildman–Crippen MR) is 135 cm³/mol. The molecule has 1 spiro atoms. The molecule has 0 unspecified atom stereocenters. The molecule has 2 aromatic carbocycles. The van der Waals surface area contributed by atoms with Gasteiger partial charge in [0.1, 0.15) is 6.10 Å². The molecule has 2 aliphatic heterocycles. The third kappa shape index (κ3) is 2.99. The topological polar surface area (TPSA) is 62.2 Å². The summed E-state index contributed by atoms with van der Waals surface area (Å²) in [5, 5.41) is 12.4. The van der Waals surface area contributed by atoms with Gasteiger partial charge in [0.05, 0.1) is 24.2 Å². The highest BCUT2D eigenvalue weighted by atomic mass is 16.5. The first kappa shape index (κ1) is 22.6. The summed E-state index contributed by atoms with van der Waals surface area (Å²) in [6, 6.07) is 12.1. The number of hydrogen-bond donors (Lipinski definition) is 1. The average molecular weight is 475 g/mol. The normalized spacial score (nSPS) is 32.8. The summed E-state index contributed by atoms with van der Waals surface area (Å²) in [7, 11) is 5.65. The summed E-state index contributed by atoms with van der Waals surface area (Å²) in [6.07, 6.45) is 6.15. The standard InChI is InChI=1S/C29H34N2O4/c1-18-6-5-7-19(16-18)8-11-24(32)31(3)21-12-13-29(33)23-17-20-9-10-22(34-4)26-25(20)28(29,27(21)35-26)14-15-30(23)2/h5-11,16,21,23,27,33H,12-15,17H2,1-4H3/t21-,23+,27-,28-,29+/m0/s1. The van der Waals surface area contributed by atoms with Crippen LogP contribution in [0.4, 0.5) is 0 Å². The van der Waals surface area contributed by atoms with Crippen LogP contribution in [-0.2, 0) is 16.6 Å². The Kier molecular flexibility index (Phi) is 5.07. The summed E-state index contributed by atoms with van der Waals surface area (Å²) >= 11 is 0. The van der Waals surface area contributed by atoms with E-state index in [-0.39, 0.29) is 24.1 Å². The van der Waals surface area contributed by atoms with Crippen LogP contribution in [0.15, 0.2) is 42.5 Å². The second-order valence-electron chi connectivity index (χ2n) is 10.8. The molecular weight excluding hydrogens is 440 g/mol. The van der Waals surface area contributed by atoms with Crippen molar-refractivity contribution in [2.24, 2.45) is 0 Å². The monoisotopic (exact) mass is 474 g/mol. The minimum Gasteiger partial charge on any atom is -0.493 e. The Morgan fingerprint density at radius 3 is 2.89 bits per heavy atom. The van der Waals surface area contributed by atoms with Crippen LogP contribution in [0, 0.1) is 6.92 Å². The first-order valence-electron chi connectivity index (χ1n) is 12.6. The fourth-order valence-corrected chi connectivity index (χ4v) is 7.50. The van der Waals surface area contributed by atoms with Crippen molar-refractivity contribution >= 4 is 12.0 Å². The number of carbonyl (C=O) groups is 1. The number of benzene rings is 2. The zero-order chi connectivity index (χ0) is 24.5. The molecule has 0 aromatic heterocycles. The Morgan fingerprint density at radius 2 is 2.11 bits per heavy atom. The van der Waals surface area contributed by atoms with E-state index >= 15 is 0 Å². The molecule has 184 valence electrons. The third-order valence-corrected chi connectivity index (χ3v) is 9.21. The van der Waals surface area contributed by atoms with Crippen molar-refractivity contribution in [3.63, 3.8) is 0 Å². The number of rotatable bonds is 4. The Hall–Kier alpha value is -2.83. The molecule has 2 bridgehead atoms. The Balaban J connectivity index is 1.39. The molecule has 6 heteroatoms. The quantitative estimate of drug-likeness (QED) is 0.689. The minimum absolute atomic E-state index is 0.0392. The van der Waals surface area contributed by atoms with Crippen LogP contribution in [0.25, 0.3) is 6.08 Å². The molecule has 2 heterocycles. The maximum absolute atomic E-state index is 13.3. The first-order valence-corrected chi connectivity index (χ1v) is 12.6. The summed E-state index contributed by atoms with van der Waals surface area (Å²) in [5.41, 5.74) is 3.09. The van der Waals surface area contributed by atoms with Crippen LogP contribution in [-0.4, -0.2) is 72.4 Å². The number of carbonyl (C=O) groups excluding carboxylic acids is 1. The van der Waals surface area contributed by atoms with E-state index in [1.807, 2.05) is 49.2 Å². The highest BCUT2D eigenvalue weighted by Crippen LogP contribution is 2.65. The Bertz CT molecular complexity index is 1230. The van der Waals surface area contributed by atoms with Gasteiger partial charge in [0.15, 0.2) is 11.5 Å². The molecule has 2 fully saturated rings. The molecule has 1 amide bonds. The van der Waals surface area contributed by atoms with E-state index in [0.717, 1.165) is 41.8 Å². The van der Waals surface area contributed by atoms with Gasteiger partial charge in [-0.25, -0.2) is 0 Å². The maximum Gasteiger partial charge on any atom is 0.246 e. The molecular formula is C29H34N2O4. The molecule has 2 aromatic rings. The average Bonchev–Trinajstić information content (AvgIpc) is 3.20. The number of aryl methyl sites for hydroxylation is 1. The third-order valence-electron chi connectivity index (χ3n) is 9.21. The summed E-state index contributed by atoms with van der Waals surface area (Å²) in [6.45, 7) is 2.94. The van der Waals surface area contributed by atoms with E-state index in [1.165, 1.54) is 5.56 Å². The lowest BCUT2D eigenvalue weighted by Gasteiger charge is -2.64. The van der Waals surface area contributed by atoms with Crippen molar-refractivity contribution in [2.75, 3.05) is 27.7 Å². The van der Waals surface area contributed by atoms with Gasteiger partial charge in [0.2, 0.25) is 5.91 Å². The van der Waals surface area contributed by atoms with Crippen LogP contribution < -0.4 is 9.47 Å². The van der Waals surface area contributed by atoms with E-state index in [4.69, 9.17) is 9.47 Å². The maximum atomic E-state index is 13.3. The van der Waals surface area contributed by atoms with E-state index in [1.54, 1.807) is 13.2 Å². The van der Waals surface area contributed by atoms with Crippen molar-refractivity contribution in [3.05, 3.63) is 64.7 Å². The number of aliphatic hydroxyl groups is 1. The number of likely N-dealkylation sites (N-methyl/N-ethyl adjacent to an activating group) is 2. The molecule has 6 nitrogen and oxygen atoms in total. The van der Waals surface area contributed by atoms with Gasteiger partial charge < -0.3 is 24.4 Å². The van der Waals surface area contributed by atoms with Gasteiger partial charge in [-0.05, 0) is 69.5 Å². The molecule has 0 radical (unpaired) electrons. The van der Waals surface area contributed by atoms with Crippen molar-refractivity contribution < 1.29 is 19.4 Å². The van der Waals surface area contributed by atoms with Crippen LogP contribution in [0.2, 0.25) is 0 Å². The molecule has 4 aliphatic rings. The minimum atomic E-state index is -0.896. The number of likely N-dealkylation sites (tertiary alicyclic amines) is 1. The van der Waals surface area contributed by atoms with Gasteiger partial charge in [-0.2, -0.15) is 0 Å². The zero-order valence-corrected chi connectivity index (χ0v) is 21.0. The van der Waals surface area contributed by atoms with Gasteiger partial charge in [-0.3, -0.25) is 4.79 Å². The molecule has 6 rings (SSSR count). The second kappa shape index (κ2) is 7.84. The van der Waals surface area contributed by atoms with E-state index in [0.29, 0.717) is 18.6 Å². The highest BCUT2D eigenvalue weighted by molar-refractivity contribution is 5.92. The number of nitrogens with zero attached hydrogens (tertiary/aromatic N) is 2. The van der Waals surface area contributed by atoms with Crippen LogP contribution in [0.3, 0.4) is 0 Å². The SMILES string of the molecule is COc1ccc2c3c1O[C@H]1[C@@H](N(C)C(=O)C=Cc4cccc(C)c4)CC[C@@]4(O)[C@@H](C2)N(C)CC[C@]314. The Morgan fingerprint density at radius 1 is 1.29 bits per heavy atom. The fourth-order valence-electron chi connectivity index (χ4n) is 7.50. The lowest BCUT2D eigenvalue weighted by atomic mass is 9.48. The fraction of sp³-hybridized carbons (Fsp3) is 0.483. The van der Waals surface area contributed by atoms with Crippen molar-refractivity contribution in [1.82, 2.24) is 9.80 Å². The lowest BCUT2D eigenvalue weighted by molar-refractivity contribution is -0.195. The smallest absolute Gasteiger partial charge is 0.246 e. The van der Waals surface area contributed by atoms with Crippen molar-refractivity contribution in [1.29, 1.82) is 0 Å². The molecule has 2 aliphatic carbocycles. The zero-order valence-electron chi connectivity index (χ0n) is 21.0. The van der Waals surface area contributed by atoms with Crippen molar-refractivity contribution in [2.45, 2.75) is 61.8 Å². The van der Waals surface area contributed by atoms with Gasteiger partial charge in [-0.15, -0.1) is 0 Å². The number of amides is 1. The number of methoxy groups -OCH3 is 1. The van der Waals surface area contributed by atoms with E-state index < -0.39 is 11.0 Å². The van der Waals surface area contributed by atoms with Gasteiger partial charge in [0, 0.05) is 24.7 Å². The highest BCUT2D eigenvalue weighted by Gasteiger charge is 2.73. The predicted octanol–water partition coefficient (Wildman–Crippen LogP) is 3.33. The Labute approximate surface area is 207 Å². The lowest BCUT2D eigenvalue weighted by Crippen LogP contribution is -2.77. The van der Waals surface area contributed by atoms with Crippen LogP contribution >= 0.6 is 0 Å². The van der Waals surface area contributed by atoms with Crippen molar-refractivity contribution in [3.8, 4) is 11.5 Å². The summed E-state index contributed by atoms with van der Waals surface area (Å²) < 4.78 is 12.4. The van der Waals surface area contributed by atoms with E-state index in [2.05, 4.69) is 24.1 Å². The molecule has 35 heavy (non-hydrogen) atoms. The number of piperidine rings is 1. The second-order valence-corrected chi connectivity index (χ2v) is 10.8. The number of ether oxygens (including phenoxy) is 2. The summed E-state index contributed by atoms with van der Waals surface area (Å²) in [5.74, 6) is 1.42. The van der Waals surface area contributed by atoms with Crippen LogP contribution in [0.1, 0.15) is 41.5 Å². The summed E-state index contributed by atoms with van der Waals surface area (Å²) in [4.78, 5) is 17.5. The molecule has 5 atom stereocenters. The van der Waals surface area contributed by atoms with Gasteiger partial charge in [-0.1, -0.05) is 35.9 Å². The largest absolute Gasteiger partial charge is 0.493 e. The number of hydrogen-bond acceptors (Lipinski definition) is 5. The molecule has 1 saturated carbocycles. The molecule has 1 N–H and O–H groups in total. The van der Waals surface area contributed by atoms with Crippen LogP contribution in [0.5, 0.6) is 11.5 Å². The first-order chi connectivity index (χ1) is 16.8. The van der Waals surface area contributed by atoms with Gasteiger partial charge in [0.25, 0.3) is 0 Å². The van der Waals surface area contributed by atoms with E-state index in [9.17, 15) is 9.90 Å². The molecule has 1 saturated heterocycles. The van der Waals surface area contributed by atoms with Gasteiger partial charge >= 0.3 is 0 Å².